The molecule has 1 fully saturated rings. The van der Waals surface area contributed by atoms with Gasteiger partial charge in [0.2, 0.25) is 0 Å². The molecule has 0 aliphatic heterocycles. The Labute approximate surface area is 234 Å². The van der Waals surface area contributed by atoms with Gasteiger partial charge in [-0.25, -0.2) is 9.13 Å². The van der Waals surface area contributed by atoms with Crippen LogP contribution >= 0.6 is 15.6 Å². The molecule has 0 aromatic heterocycles. The molecular weight excluding hydrogens is 550 g/mol. The largest absolute Gasteiger partial charge is 0.587 e. The lowest BCUT2D eigenvalue weighted by Gasteiger charge is -2.34. The van der Waals surface area contributed by atoms with E-state index in [4.69, 9.17) is 27.1 Å². The standard InChI is InChI=1S/C30H30O8P2/c31-39(33-25-15-5-1-6-16-25,34-26-17-7-2-8-18-26)37-29-23-13-14-24-30(29)38-40(32,35-27-19-9-3-10-20-27)36-28-21-11-4-12-22-28/h1-12,15-22,29-30H,13-14,23-24H2/t29-,30-/m0/s1. The molecule has 4 aromatic carbocycles. The first-order chi connectivity index (χ1) is 19.5. The first-order valence-corrected chi connectivity index (χ1v) is 16.0. The quantitative estimate of drug-likeness (QED) is 0.154. The summed E-state index contributed by atoms with van der Waals surface area (Å²) in [6.07, 6.45) is 0.955. The van der Waals surface area contributed by atoms with Crippen molar-refractivity contribution in [1.29, 1.82) is 0 Å². The average molecular weight is 581 g/mol. The van der Waals surface area contributed by atoms with Crippen molar-refractivity contribution >= 4 is 15.6 Å². The molecule has 4 aromatic rings. The lowest BCUT2D eigenvalue weighted by Crippen LogP contribution is -2.35. The maximum Gasteiger partial charge on any atom is 0.587 e. The van der Waals surface area contributed by atoms with E-state index in [-0.39, 0.29) is 0 Å². The molecule has 10 heteroatoms. The summed E-state index contributed by atoms with van der Waals surface area (Å²) in [6.45, 7) is 0. The fourth-order valence-corrected chi connectivity index (χ4v) is 7.11. The van der Waals surface area contributed by atoms with Crippen LogP contribution in [-0.2, 0) is 18.2 Å². The highest BCUT2D eigenvalue weighted by molar-refractivity contribution is 7.49. The Morgan fingerprint density at radius 2 is 0.675 bits per heavy atom. The molecule has 2 atom stereocenters. The van der Waals surface area contributed by atoms with E-state index in [0.717, 1.165) is 12.8 Å². The molecule has 1 aliphatic carbocycles. The van der Waals surface area contributed by atoms with Gasteiger partial charge < -0.3 is 18.1 Å². The van der Waals surface area contributed by atoms with Crippen molar-refractivity contribution in [2.24, 2.45) is 0 Å². The van der Waals surface area contributed by atoms with E-state index in [1.165, 1.54) is 0 Å². The highest BCUT2D eigenvalue weighted by Crippen LogP contribution is 2.56. The van der Waals surface area contributed by atoms with Gasteiger partial charge in [-0.15, -0.1) is 0 Å². The van der Waals surface area contributed by atoms with Crippen LogP contribution in [0.4, 0.5) is 0 Å². The van der Waals surface area contributed by atoms with E-state index in [2.05, 4.69) is 0 Å². The summed E-state index contributed by atoms with van der Waals surface area (Å²) in [4.78, 5) is 0. The summed E-state index contributed by atoms with van der Waals surface area (Å²) in [7, 11) is -8.44. The molecule has 1 aliphatic rings. The van der Waals surface area contributed by atoms with Gasteiger partial charge in [0.1, 0.15) is 23.0 Å². The zero-order valence-corrected chi connectivity index (χ0v) is 23.5. The van der Waals surface area contributed by atoms with Gasteiger partial charge in [0.15, 0.2) is 0 Å². The van der Waals surface area contributed by atoms with E-state index in [1.807, 2.05) is 24.3 Å². The second-order valence-electron chi connectivity index (χ2n) is 9.08. The molecule has 1 saturated carbocycles. The third kappa shape index (κ3) is 8.00. The maximum atomic E-state index is 14.1. The second-order valence-corrected chi connectivity index (χ2v) is 12.0. The summed E-state index contributed by atoms with van der Waals surface area (Å²) in [6, 6.07) is 34.6. The maximum absolute atomic E-state index is 14.1. The van der Waals surface area contributed by atoms with Gasteiger partial charge in [-0.1, -0.05) is 85.6 Å². The van der Waals surface area contributed by atoms with Crippen molar-refractivity contribution < 1.29 is 36.3 Å². The zero-order chi connectivity index (χ0) is 27.7. The normalized spacial score (nSPS) is 17.5. The van der Waals surface area contributed by atoms with Crippen LogP contribution in [0.1, 0.15) is 25.7 Å². The molecule has 0 N–H and O–H groups in total. The number of phosphoric acid groups is 2. The predicted octanol–water partition coefficient (Wildman–Crippen LogP) is 8.86. The molecule has 0 amide bonds. The molecule has 0 saturated heterocycles. The third-order valence-electron chi connectivity index (χ3n) is 6.01. The Morgan fingerprint density at radius 1 is 0.425 bits per heavy atom. The number of rotatable bonds is 12. The monoisotopic (exact) mass is 580 g/mol. The summed E-state index contributed by atoms with van der Waals surface area (Å²) in [5, 5.41) is 0. The van der Waals surface area contributed by atoms with Crippen LogP contribution in [0, 0.1) is 0 Å². The molecule has 0 heterocycles. The number of hydrogen-bond donors (Lipinski definition) is 0. The number of benzene rings is 4. The van der Waals surface area contributed by atoms with Crippen LogP contribution in [0.15, 0.2) is 121 Å². The molecule has 0 radical (unpaired) electrons. The zero-order valence-electron chi connectivity index (χ0n) is 21.7. The highest BCUT2D eigenvalue weighted by atomic mass is 31.2. The first-order valence-electron chi connectivity index (χ1n) is 13.0. The molecule has 8 nitrogen and oxygen atoms in total. The van der Waals surface area contributed by atoms with Crippen LogP contribution in [-0.4, -0.2) is 12.2 Å². The van der Waals surface area contributed by atoms with E-state index in [9.17, 15) is 9.13 Å². The van der Waals surface area contributed by atoms with Crippen LogP contribution < -0.4 is 18.1 Å². The van der Waals surface area contributed by atoms with Crippen molar-refractivity contribution in [1.82, 2.24) is 0 Å². The Balaban J connectivity index is 1.40. The molecule has 0 spiro atoms. The SMILES string of the molecule is O=P(Oc1ccccc1)(Oc1ccccc1)O[C@H]1CCCC[C@@H]1OP(=O)(Oc1ccccc1)Oc1ccccc1. The fraction of sp³-hybridized carbons (Fsp3) is 0.200. The average Bonchev–Trinajstić information content (AvgIpc) is 2.96. The molecule has 0 unspecified atom stereocenters. The Bertz CT molecular complexity index is 1220. The minimum Gasteiger partial charge on any atom is -0.395 e. The van der Waals surface area contributed by atoms with Gasteiger partial charge >= 0.3 is 15.6 Å². The minimum atomic E-state index is -4.22. The molecule has 5 rings (SSSR count). The summed E-state index contributed by atoms with van der Waals surface area (Å²) in [5.41, 5.74) is 0. The third-order valence-corrected chi connectivity index (χ3v) is 8.81. The molecular formula is C30H30O8P2. The Hall–Kier alpha value is -3.54. The van der Waals surface area contributed by atoms with E-state index in [0.29, 0.717) is 35.8 Å². The van der Waals surface area contributed by atoms with Crippen molar-refractivity contribution in [3.05, 3.63) is 121 Å². The number of hydrogen-bond acceptors (Lipinski definition) is 8. The van der Waals surface area contributed by atoms with Crippen molar-refractivity contribution in [2.75, 3.05) is 0 Å². The van der Waals surface area contributed by atoms with Crippen LogP contribution in [0.25, 0.3) is 0 Å². The summed E-state index contributed by atoms with van der Waals surface area (Å²) < 4.78 is 63.5. The first kappa shape index (κ1) is 28.0. The predicted molar refractivity (Wildman–Crippen MR) is 152 cm³/mol. The lowest BCUT2D eigenvalue weighted by atomic mass is 9.95. The summed E-state index contributed by atoms with van der Waals surface area (Å²) in [5.74, 6) is 1.28. The van der Waals surface area contributed by atoms with Crippen LogP contribution in [0.5, 0.6) is 23.0 Å². The lowest BCUT2D eigenvalue weighted by molar-refractivity contribution is -0.00382. The van der Waals surface area contributed by atoms with E-state index < -0.39 is 27.9 Å². The summed E-state index contributed by atoms with van der Waals surface area (Å²) >= 11 is 0. The van der Waals surface area contributed by atoms with Gasteiger partial charge in [0, 0.05) is 0 Å². The van der Waals surface area contributed by atoms with Crippen LogP contribution in [0.2, 0.25) is 0 Å². The number of para-hydroxylation sites is 4. The van der Waals surface area contributed by atoms with Crippen molar-refractivity contribution in [3.8, 4) is 23.0 Å². The molecule has 0 bridgehead atoms. The smallest absolute Gasteiger partial charge is 0.395 e. The Morgan fingerprint density at radius 3 is 0.925 bits per heavy atom. The van der Waals surface area contributed by atoms with E-state index in [1.54, 1.807) is 97.1 Å². The second kappa shape index (κ2) is 13.2. The van der Waals surface area contributed by atoms with Crippen molar-refractivity contribution in [3.63, 3.8) is 0 Å². The molecule has 40 heavy (non-hydrogen) atoms. The van der Waals surface area contributed by atoms with E-state index >= 15 is 0 Å². The molecule has 208 valence electrons. The highest BCUT2D eigenvalue weighted by Gasteiger charge is 2.44. The van der Waals surface area contributed by atoms with Gasteiger partial charge in [0.25, 0.3) is 0 Å². The van der Waals surface area contributed by atoms with Crippen molar-refractivity contribution in [2.45, 2.75) is 37.9 Å². The number of phosphoric ester groups is 2. The van der Waals surface area contributed by atoms with Gasteiger partial charge in [-0.2, -0.15) is 0 Å². The van der Waals surface area contributed by atoms with Gasteiger partial charge in [-0.3, -0.25) is 9.05 Å². The topological polar surface area (TPSA) is 89.5 Å². The minimum absolute atomic E-state index is 0.320. The van der Waals surface area contributed by atoms with Gasteiger partial charge in [0.05, 0.1) is 12.2 Å². The van der Waals surface area contributed by atoms with Gasteiger partial charge in [-0.05, 0) is 61.4 Å². The van der Waals surface area contributed by atoms with Crippen LogP contribution in [0.3, 0.4) is 0 Å². The Kier molecular flexibility index (Phi) is 9.25. The fourth-order valence-electron chi connectivity index (χ4n) is 4.20.